The number of hydrogen-bond donors (Lipinski definition) is 2. The molecule has 166 valence electrons. The average molecular weight is 456 g/mol. The highest BCUT2D eigenvalue weighted by Gasteiger charge is 2.25. The van der Waals surface area contributed by atoms with Gasteiger partial charge in [0.25, 0.3) is 0 Å². The zero-order chi connectivity index (χ0) is 23.6. The number of aryl methyl sites for hydroxylation is 1. The third-order valence-electron chi connectivity index (χ3n) is 4.93. The van der Waals surface area contributed by atoms with Gasteiger partial charge in [-0.05, 0) is 42.8 Å². The van der Waals surface area contributed by atoms with E-state index in [1.54, 1.807) is 31.2 Å². The Morgan fingerprint density at radius 2 is 1.72 bits per heavy atom. The van der Waals surface area contributed by atoms with Crippen LogP contribution in [0.1, 0.15) is 26.3 Å². The van der Waals surface area contributed by atoms with Crippen LogP contribution in [-0.4, -0.2) is 43.4 Å². The molecule has 0 aromatic heterocycles. The Morgan fingerprint density at radius 1 is 1.00 bits per heavy atom. The summed E-state index contributed by atoms with van der Waals surface area (Å²) in [7, 11) is 5.17. The number of rotatable bonds is 6. The van der Waals surface area contributed by atoms with Crippen molar-refractivity contribution in [3.05, 3.63) is 70.2 Å². The second kappa shape index (κ2) is 9.20. The van der Waals surface area contributed by atoms with Gasteiger partial charge in [-0.1, -0.05) is 23.7 Å². The van der Waals surface area contributed by atoms with Crippen molar-refractivity contribution in [1.29, 1.82) is 0 Å². The summed E-state index contributed by atoms with van der Waals surface area (Å²) in [5.41, 5.74) is 1.43. The molecular formula is C24H22ClNO6. The van der Waals surface area contributed by atoms with Gasteiger partial charge >= 0.3 is 11.9 Å². The van der Waals surface area contributed by atoms with E-state index in [-0.39, 0.29) is 33.8 Å². The normalized spacial score (nSPS) is 10.5. The number of phenolic OH excluding ortho intramolecular Hbond substituents is 1. The van der Waals surface area contributed by atoms with Crippen LogP contribution >= 0.6 is 11.6 Å². The first-order valence-electron chi connectivity index (χ1n) is 9.57. The molecule has 0 heterocycles. The molecule has 32 heavy (non-hydrogen) atoms. The number of aromatic hydroxyl groups is 1. The van der Waals surface area contributed by atoms with E-state index in [0.29, 0.717) is 16.3 Å². The van der Waals surface area contributed by atoms with E-state index in [0.717, 1.165) is 5.69 Å². The van der Waals surface area contributed by atoms with Crippen molar-refractivity contribution in [2.45, 2.75) is 6.92 Å². The van der Waals surface area contributed by atoms with Crippen LogP contribution in [0.2, 0.25) is 5.02 Å². The standard InChI is InChI=1S/C24H22ClNO6/c1-13-10-17(19(27)12-18(13)25)15-6-5-7-16(22(15)23(28)29)24(30)32-20-9-8-14(26(2)3)11-21(20)31-4/h5-12,27H,1-4H3,(H,28,29). The number of anilines is 1. The van der Waals surface area contributed by atoms with E-state index in [4.69, 9.17) is 21.1 Å². The lowest BCUT2D eigenvalue weighted by atomic mass is 9.93. The minimum absolute atomic E-state index is 0.148. The maximum atomic E-state index is 13.0. The lowest BCUT2D eigenvalue weighted by molar-refractivity contribution is 0.0667. The first kappa shape index (κ1) is 23.0. The van der Waals surface area contributed by atoms with E-state index >= 15 is 0 Å². The van der Waals surface area contributed by atoms with Crippen LogP contribution in [0.25, 0.3) is 11.1 Å². The molecule has 0 atom stereocenters. The Kier molecular flexibility index (Phi) is 6.60. The highest BCUT2D eigenvalue weighted by atomic mass is 35.5. The average Bonchev–Trinajstić information content (AvgIpc) is 2.75. The fourth-order valence-electron chi connectivity index (χ4n) is 3.24. The molecule has 3 aromatic carbocycles. The second-order valence-electron chi connectivity index (χ2n) is 7.27. The van der Waals surface area contributed by atoms with Crippen LogP contribution in [0.4, 0.5) is 5.69 Å². The molecule has 0 saturated heterocycles. The molecule has 0 aliphatic carbocycles. The molecule has 0 fully saturated rings. The van der Waals surface area contributed by atoms with Crippen molar-refractivity contribution >= 4 is 29.2 Å². The number of aromatic carboxylic acids is 1. The quantitative estimate of drug-likeness (QED) is 0.398. The van der Waals surface area contributed by atoms with Crippen molar-refractivity contribution < 1.29 is 29.3 Å². The number of hydrogen-bond acceptors (Lipinski definition) is 6. The van der Waals surface area contributed by atoms with Crippen molar-refractivity contribution in [3.8, 4) is 28.4 Å². The summed E-state index contributed by atoms with van der Waals surface area (Å²) in [6.07, 6.45) is 0. The van der Waals surface area contributed by atoms with E-state index in [1.165, 1.54) is 31.4 Å². The van der Waals surface area contributed by atoms with Gasteiger partial charge in [0.2, 0.25) is 0 Å². The molecule has 0 bridgehead atoms. The smallest absolute Gasteiger partial charge is 0.344 e. The molecular weight excluding hydrogens is 434 g/mol. The third-order valence-corrected chi connectivity index (χ3v) is 5.34. The van der Waals surface area contributed by atoms with Crippen molar-refractivity contribution in [2.75, 3.05) is 26.1 Å². The van der Waals surface area contributed by atoms with Crippen molar-refractivity contribution in [2.24, 2.45) is 0 Å². The molecule has 0 aliphatic heterocycles. The summed E-state index contributed by atoms with van der Waals surface area (Å²) in [6, 6.07) is 12.3. The van der Waals surface area contributed by atoms with E-state index in [2.05, 4.69) is 0 Å². The topological polar surface area (TPSA) is 96.3 Å². The number of phenols is 1. The van der Waals surface area contributed by atoms with Gasteiger partial charge in [0.05, 0.1) is 18.2 Å². The van der Waals surface area contributed by atoms with E-state index in [9.17, 15) is 19.8 Å². The number of carbonyl (C=O) groups excluding carboxylic acids is 1. The van der Waals surface area contributed by atoms with Crippen LogP contribution < -0.4 is 14.4 Å². The molecule has 0 saturated carbocycles. The van der Waals surface area contributed by atoms with E-state index in [1.807, 2.05) is 19.0 Å². The minimum Gasteiger partial charge on any atom is -0.507 e. The predicted octanol–water partition coefficient (Wildman–Crippen LogP) is 5.01. The number of nitrogens with zero attached hydrogens (tertiary/aromatic N) is 1. The van der Waals surface area contributed by atoms with Crippen LogP contribution in [-0.2, 0) is 0 Å². The Labute approximate surface area is 190 Å². The maximum Gasteiger partial charge on any atom is 0.344 e. The lowest BCUT2D eigenvalue weighted by Gasteiger charge is -2.17. The molecule has 0 amide bonds. The number of benzene rings is 3. The van der Waals surface area contributed by atoms with Gasteiger partial charge in [0.1, 0.15) is 5.75 Å². The molecule has 0 radical (unpaired) electrons. The molecule has 0 spiro atoms. The number of carbonyl (C=O) groups is 2. The number of esters is 1. The SMILES string of the molecule is COc1cc(N(C)C)ccc1OC(=O)c1cccc(-c2cc(C)c(Cl)cc2O)c1C(=O)O. The number of ether oxygens (including phenoxy) is 2. The van der Waals surface area contributed by atoms with Gasteiger partial charge in [-0.15, -0.1) is 0 Å². The fraction of sp³-hybridized carbons (Fsp3) is 0.167. The summed E-state index contributed by atoms with van der Waals surface area (Å²) in [4.78, 5) is 27.0. The minimum atomic E-state index is -1.34. The summed E-state index contributed by atoms with van der Waals surface area (Å²) in [6.45, 7) is 1.73. The zero-order valence-corrected chi connectivity index (χ0v) is 18.7. The van der Waals surface area contributed by atoms with Crippen molar-refractivity contribution in [3.63, 3.8) is 0 Å². The zero-order valence-electron chi connectivity index (χ0n) is 18.0. The Morgan fingerprint density at radius 3 is 2.34 bits per heavy atom. The third kappa shape index (κ3) is 4.48. The number of methoxy groups -OCH3 is 1. The van der Waals surface area contributed by atoms with E-state index < -0.39 is 11.9 Å². The van der Waals surface area contributed by atoms with Crippen molar-refractivity contribution in [1.82, 2.24) is 0 Å². The Balaban J connectivity index is 2.08. The monoisotopic (exact) mass is 455 g/mol. The molecule has 3 rings (SSSR count). The lowest BCUT2D eigenvalue weighted by Crippen LogP contribution is -2.16. The van der Waals surface area contributed by atoms with Gasteiger partial charge < -0.3 is 24.6 Å². The highest BCUT2D eigenvalue weighted by molar-refractivity contribution is 6.31. The van der Waals surface area contributed by atoms with Gasteiger partial charge in [0.15, 0.2) is 11.5 Å². The van der Waals surface area contributed by atoms with Gasteiger partial charge in [-0.2, -0.15) is 0 Å². The second-order valence-corrected chi connectivity index (χ2v) is 7.68. The van der Waals surface area contributed by atoms with Crippen LogP contribution in [0.15, 0.2) is 48.5 Å². The van der Waals surface area contributed by atoms with Gasteiger partial charge in [-0.25, -0.2) is 9.59 Å². The Hall–Kier alpha value is -3.71. The van der Waals surface area contributed by atoms with Gasteiger partial charge in [-0.3, -0.25) is 0 Å². The maximum absolute atomic E-state index is 13.0. The molecule has 0 aliphatic rings. The highest BCUT2D eigenvalue weighted by Crippen LogP contribution is 2.37. The number of carboxylic acids is 1. The van der Waals surface area contributed by atoms with Crippen LogP contribution in [0, 0.1) is 6.92 Å². The summed E-state index contributed by atoms with van der Waals surface area (Å²) < 4.78 is 10.8. The summed E-state index contributed by atoms with van der Waals surface area (Å²) >= 11 is 6.04. The Bertz CT molecular complexity index is 1210. The molecule has 0 unspecified atom stereocenters. The molecule has 8 heteroatoms. The first-order chi connectivity index (χ1) is 15.1. The molecule has 2 N–H and O–H groups in total. The fourth-order valence-corrected chi connectivity index (χ4v) is 3.40. The number of halogens is 1. The molecule has 3 aromatic rings. The number of carboxylic acid groups (broad SMARTS) is 1. The first-order valence-corrected chi connectivity index (χ1v) is 9.95. The predicted molar refractivity (Wildman–Crippen MR) is 123 cm³/mol. The molecule has 7 nitrogen and oxygen atoms in total. The van der Waals surface area contributed by atoms with Gasteiger partial charge in [0, 0.05) is 42.0 Å². The van der Waals surface area contributed by atoms with Crippen LogP contribution in [0.5, 0.6) is 17.2 Å². The summed E-state index contributed by atoms with van der Waals surface area (Å²) in [5.74, 6) is -1.94. The van der Waals surface area contributed by atoms with Crippen LogP contribution in [0.3, 0.4) is 0 Å². The largest absolute Gasteiger partial charge is 0.507 e. The summed E-state index contributed by atoms with van der Waals surface area (Å²) in [5, 5.41) is 20.6.